The molecule has 2 rings (SSSR count). The first-order chi connectivity index (χ1) is 7.25. The summed E-state index contributed by atoms with van der Waals surface area (Å²) in [7, 11) is 0. The van der Waals surface area contributed by atoms with Crippen molar-refractivity contribution in [3.8, 4) is 5.75 Å². The van der Waals surface area contributed by atoms with Crippen molar-refractivity contribution in [2.45, 2.75) is 25.7 Å². The molecule has 2 N–H and O–H groups in total. The number of anilines is 1. The van der Waals surface area contributed by atoms with E-state index in [0.717, 1.165) is 0 Å². The van der Waals surface area contributed by atoms with Gasteiger partial charge < -0.3 is 10.5 Å². The fourth-order valence-corrected chi connectivity index (χ4v) is 2.04. The Morgan fingerprint density at radius 1 is 1.33 bits per heavy atom. The number of hydrogen-bond donors (Lipinski definition) is 1. The molecule has 0 aliphatic heterocycles. The highest BCUT2D eigenvalue weighted by Gasteiger charge is 2.15. The molecule has 0 amide bonds. The molecule has 1 aromatic rings. The van der Waals surface area contributed by atoms with Gasteiger partial charge in [-0.1, -0.05) is 12.8 Å². The SMILES string of the molecule is Nc1cc(F)ccc1OCC1CCCC1. The van der Waals surface area contributed by atoms with Gasteiger partial charge in [0.1, 0.15) is 11.6 Å². The Labute approximate surface area is 89.2 Å². The molecule has 15 heavy (non-hydrogen) atoms. The van der Waals surface area contributed by atoms with Crippen LogP contribution in [0.25, 0.3) is 0 Å². The third kappa shape index (κ3) is 2.61. The van der Waals surface area contributed by atoms with Crippen LogP contribution in [0.15, 0.2) is 18.2 Å². The van der Waals surface area contributed by atoms with Gasteiger partial charge in [0.05, 0.1) is 12.3 Å². The van der Waals surface area contributed by atoms with Crippen molar-refractivity contribution < 1.29 is 9.13 Å². The summed E-state index contributed by atoms with van der Waals surface area (Å²) in [6.45, 7) is 0.704. The number of nitrogen functional groups attached to an aromatic ring is 1. The number of hydrogen-bond acceptors (Lipinski definition) is 2. The second-order valence-corrected chi connectivity index (χ2v) is 4.14. The van der Waals surface area contributed by atoms with Gasteiger partial charge in [-0.25, -0.2) is 4.39 Å². The van der Waals surface area contributed by atoms with E-state index in [-0.39, 0.29) is 5.82 Å². The van der Waals surface area contributed by atoms with Crippen LogP contribution < -0.4 is 10.5 Å². The van der Waals surface area contributed by atoms with Gasteiger partial charge in [-0.2, -0.15) is 0 Å². The number of halogens is 1. The van der Waals surface area contributed by atoms with Crippen molar-refractivity contribution in [2.24, 2.45) is 5.92 Å². The van der Waals surface area contributed by atoms with Gasteiger partial charge in [0.25, 0.3) is 0 Å². The first kappa shape index (κ1) is 10.3. The largest absolute Gasteiger partial charge is 0.491 e. The summed E-state index contributed by atoms with van der Waals surface area (Å²) in [6.07, 6.45) is 5.07. The third-order valence-electron chi connectivity index (χ3n) is 2.92. The van der Waals surface area contributed by atoms with E-state index >= 15 is 0 Å². The van der Waals surface area contributed by atoms with Gasteiger partial charge in [0, 0.05) is 6.07 Å². The molecule has 0 atom stereocenters. The predicted octanol–water partition coefficient (Wildman–Crippen LogP) is 2.98. The average Bonchev–Trinajstić information content (AvgIpc) is 2.69. The molecular formula is C12H16FNO. The van der Waals surface area contributed by atoms with Gasteiger partial charge in [-0.05, 0) is 30.9 Å². The minimum Gasteiger partial charge on any atom is -0.491 e. The third-order valence-corrected chi connectivity index (χ3v) is 2.92. The van der Waals surface area contributed by atoms with Crippen molar-refractivity contribution in [1.29, 1.82) is 0 Å². The molecule has 2 nitrogen and oxygen atoms in total. The van der Waals surface area contributed by atoms with Crippen LogP contribution in [0.2, 0.25) is 0 Å². The van der Waals surface area contributed by atoms with Crippen molar-refractivity contribution in [2.75, 3.05) is 12.3 Å². The normalized spacial score (nSPS) is 16.9. The first-order valence-corrected chi connectivity index (χ1v) is 5.43. The highest BCUT2D eigenvalue weighted by Crippen LogP contribution is 2.27. The number of benzene rings is 1. The highest BCUT2D eigenvalue weighted by atomic mass is 19.1. The molecule has 0 heterocycles. The second-order valence-electron chi connectivity index (χ2n) is 4.14. The zero-order valence-electron chi connectivity index (χ0n) is 8.71. The van der Waals surface area contributed by atoms with Crippen LogP contribution in [0.1, 0.15) is 25.7 Å². The molecule has 1 aromatic carbocycles. The van der Waals surface area contributed by atoms with Crippen LogP contribution in [0, 0.1) is 11.7 Å². The zero-order chi connectivity index (χ0) is 10.7. The molecule has 1 aliphatic carbocycles. The van der Waals surface area contributed by atoms with Gasteiger partial charge in [-0.15, -0.1) is 0 Å². The summed E-state index contributed by atoms with van der Waals surface area (Å²) in [5.74, 6) is 0.929. The molecule has 0 aromatic heterocycles. The predicted molar refractivity (Wildman–Crippen MR) is 58.3 cm³/mol. The molecular weight excluding hydrogens is 193 g/mol. The summed E-state index contributed by atoms with van der Waals surface area (Å²) in [4.78, 5) is 0. The highest BCUT2D eigenvalue weighted by molar-refractivity contribution is 5.52. The molecule has 3 heteroatoms. The lowest BCUT2D eigenvalue weighted by molar-refractivity contribution is 0.253. The van der Waals surface area contributed by atoms with Crippen LogP contribution in [0.5, 0.6) is 5.75 Å². The minimum atomic E-state index is -0.319. The molecule has 0 saturated heterocycles. The Morgan fingerprint density at radius 3 is 2.73 bits per heavy atom. The first-order valence-electron chi connectivity index (χ1n) is 5.43. The number of rotatable bonds is 3. The summed E-state index contributed by atoms with van der Waals surface area (Å²) >= 11 is 0. The van der Waals surface area contributed by atoms with Crippen LogP contribution in [-0.4, -0.2) is 6.61 Å². The Bertz CT molecular complexity index is 334. The smallest absolute Gasteiger partial charge is 0.142 e. The average molecular weight is 209 g/mol. The monoisotopic (exact) mass is 209 g/mol. The van der Waals surface area contributed by atoms with E-state index in [9.17, 15) is 4.39 Å². The lowest BCUT2D eigenvalue weighted by Gasteiger charge is -2.12. The minimum absolute atomic E-state index is 0.319. The molecule has 0 spiro atoms. The Hall–Kier alpha value is -1.25. The van der Waals surface area contributed by atoms with E-state index < -0.39 is 0 Å². The number of nitrogens with two attached hydrogens (primary N) is 1. The summed E-state index contributed by atoms with van der Waals surface area (Å²) in [6, 6.07) is 4.27. The van der Waals surface area contributed by atoms with E-state index in [2.05, 4.69) is 0 Å². The van der Waals surface area contributed by atoms with E-state index in [4.69, 9.17) is 10.5 Å². The quantitative estimate of drug-likeness (QED) is 0.777. The topological polar surface area (TPSA) is 35.2 Å². The van der Waals surface area contributed by atoms with Gasteiger partial charge in [0.2, 0.25) is 0 Å². The van der Waals surface area contributed by atoms with Crippen molar-refractivity contribution in [1.82, 2.24) is 0 Å². The van der Waals surface area contributed by atoms with E-state index in [0.29, 0.717) is 24.0 Å². The number of ether oxygens (including phenoxy) is 1. The second kappa shape index (κ2) is 4.51. The summed E-state index contributed by atoms with van der Waals surface area (Å²) in [5, 5.41) is 0. The zero-order valence-corrected chi connectivity index (χ0v) is 8.71. The van der Waals surface area contributed by atoms with Crippen molar-refractivity contribution >= 4 is 5.69 Å². The maximum atomic E-state index is 12.8. The van der Waals surface area contributed by atoms with Crippen LogP contribution in [0.3, 0.4) is 0 Å². The molecule has 1 aliphatic rings. The van der Waals surface area contributed by atoms with Crippen LogP contribution in [-0.2, 0) is 0 Å². The maximum Gasteiger partial charge on any atom is 0.142 e. The molecule has 0 radical (unpaired) electrons. The van der Waals surface area contributed by atoms with Crippen molar-refractivity contribution in [3.63, 3.8) is 0 Å². The molecule has 0 unspecified atom stereocenters. The van der Waals surface area contributed by atoms with Gasteiger partial charge in [-0.3, -0.25) is 0 Å². The van der Waals surface area contributed by atoms with E-state index in [1.807, 2.05) is 0 Å². The van der Waals surface area contributed by atoms with E-state index in [1.165, 1.54) is 37.8 Å². The standard InChI is InChI=1S/C12H16FNO/c13-10-5-6-12(11(14)7-10)15-8-9-3-1-2-4-9/h5-7,9H,1-4,8,14H2. The summed E-state index contributed by atoms with van der Waals surface area (Å²) in [5.41, 5.74) is 6.02. The van der Waals surface area contributed by atoms with Gasteiger partial charge in [0.15, 0.2) is 0 Å². The van der Waals surface area contributed by atoms with Crippen LogP contribution in [0.4, 0.5) is 10.1 Å². The molecule has 0 bridgehead atoms. The molecule has 1 saturated carbocycles. The Balaban J connectivity index is 1.92. The van der Waals surface area contributed by atoms with E-state index in [1.54, 1.807) is 6.07 Å². The van der Waals surface area contributed by atoms with Crippen molar-refractivity contribution in [3.05, 3.63) is 24.0 Å². The molecule has 82 valence electrons. The lowest BCUT2D eigenvalue weighted by atomic mass is 10.1. The van der Waals surface area contributed by atoms with Crippen LogP contribution >= 0.6 is 0 Å². The molecule has 1 fully saturated rings. The fourth-order valence-electron chi connectivity index (χ4n) is 2.04. The summed E-state index contributed by atoms with van der Waals surface area (Å²) < 4.78 is 18.3. The fraction of sp³-hybridized carbons (Fsp3) is 0.500. The Kier molecular flexibility index (Phi) is 3.09. The Morgan fingerprint density at radius 2 is 2.07 bits per heavy atom. The van der Waals surface area contributed by atoms with Gasteiger partial charge >= 0.3 is 0 Å². The lowest BCUT2D eigenvalue weighted by Crippen LogP contribution is -2.09. The maximum absolute atomic E-state index is 12.8.